The van der Waals surface area contributed by atoms with Gasteiger partial charge in [0.25, 0.3) is 0 Å². The number of nitrogens with one attached hydrogen (secondary N) is 1. The normalized spacial score (nSPS) is 16.8. The zero-order valence-corrected chi connectivity index (χ0v) is 24.1. The van der Waals surface area contributed by atoms with Crippen molar-refractivity contribution in [3.05, 3.63) is 203 Å². The summed E-state index contributed by atoms with van der Waals surface area (Å²) in [5, 5.41) is 3.78. The van der Waals surface area contributed by atoms with Crippen LogP contribution in [-0.2, 0) is 5.41 Å². The van der Waals surface area contributed by atoms with Crippen molar-refractivity contribution in [1.82, 2.24) is 5.32 Å². The Balaban J connectivity index is 1.25. The molecule has 0 saturated heterocycles. The van der Waals surface area contributed by atoms with Crippen LogP contribution in [0.1, 0.15) is 45.0 Å². The molecule has 0 bridgehead atoms. The number of hydrogen-bond acceptors (Lipinski definition) is 2. The van der Waals surface area contributed by atoms with Gasteiger partial charge < -0.3 is 10.1 Å². The molecule has 2 heteroatoms. The number of dihydropyridines is 1. The minimum atomic E-state index is -0.448. The molecular formula is C42H29NO. The average molecular weight is 564 g/mol. The summed E-state index contributed by atoms with van der Waals surface area (Å²) in [6.45, 7) is 0. The summed E-state index contributed by atoms with van der Waals surface area (Å²) in [5.74, 6) is 1.81. The largest absolute Gasteiger partial charge is 0.457 e. The van der Waals surface area contributed by atoms with Crippen molar-refractivity contribution in [2.75, 3.05) is 0 Å². The Morgan fingerprint density at radius 3 is 1.82 bits per heavy atom. The van der Waals surface area contributed by atoms with Crippen LogP contribution in [0.5, 0.6) is 11.5 Å². The van der Waals surface area contributed by atoms with Crippen molar-refractivity contribution in [2.24, 2.45) is 0 Å². The van der Waals surface area contributed by atoms with Crippen molar-refractivity contribution in [3.8, 4) is 22.6 Å². The van der Waals surface area contributed by atoms with E-state index in [9.17, 15) is 0 Å². The van der Waals surface area contributed by atoms with Crippen LogP contribution >= 0.6 is 0 Å². The number of benzene rings is 6. The van der Waals surface area contributed by atoms with E-state index in [4.69, 9.17) is 4.74 Å². The van der Waals surface area contributed by atoms with Gasteiger partial charge in [-0.15, -0.1) is 0 Å². The smallest absolute Gasteiger partial charge is 0.132 e. The molecule has 0 radical (unpaired) electrons. The molecule has 3 aliphatic rings. The van der Waals surface area contributed by atoms with E-state index in [1.165, 1.54) is 50.1 Å². The SMILES string of the molecule is C1=C(c2ccc3c(c2)Oc2ccccc2C32c3ccccc3-c3ccccc32)C=C(c2ccccc2)NC1c1ccccc1. The van der Waals surface area contributed by atoms with Crippen molar-refractivity contribution in [3.63, 3.8) is 0 Å². The van der Waals surface area contributed by atoms with E-state index in [-0.39, 0.29) is 6.04 Å². The van der Waals surface area contributed by atoms with Crippen LogP contribution < -0.4 is 10.1 Å². The van der Waals surface area contributed by atoms with Gasteiger partial charge in [0, 0.05) is 16.8 Å². The van der Waals surface area contributed by atoms with Crippen LogP contribution in [0.25, 0.3) is 22.4 Å². The molecule has 1 unspecified atom stereocenters. The Bertz CT molecular complexity index is 2080. The fraction of sp³-hybridized carbons (Fsp3) is 0.0476. The molecule has 2 heterocycles. The molecule has 0 fully saturated rings. The molecule has 1 spiro atoms. The van der Waals surface area contributed by atoms with Crippen LogP contribution in [0.2, 0.25) is 0 Å². The zero-order chi connectivity index (χ0) is 29.1. The van der Waals surface area contributed by atoms with E-state index >= 15 is 0 Å². The molecule has 1 atom stereocenters. The summed E-state index contributed by atoms with van der Waals surface area (Å²) < 4.78 is 6.79. The molecule has 6 aromatic carbocycles. The van der Waals surface area contributed by atoms with E-state index in [1.807, 2.05) is 0 Å². The standard InChI is InChI=1S/C42H29NO/c1-3-13-28(14-4-1)38-25-31(26-39(43-38)29-15-5-2-6-16-29)30-23-24-37-41(27-30)44-40-22-12-11-21-36(40)42(37)34-19-9-7-17-32(34)33-18-8-10-20-35(33)42/h1-27,38,43H. The second kappa shape index (κ2) is 9.72. The highest BCUT2D eigenvalue weighted by molar-refractivity contribution is 5.90. The third kappa shape index (κ3) is 3.61. The van der Waals surface area contributed by atoms with Crippen LogP contribution in [0.15, 0.2) is 164 Å². The molecule has 1 aliphatic carbocycles. The Hall–Kier alpha value is -5.60. The Labute approximate surface area is 257 Å². The molecule has 0 aromatic heterocycles. The number of hydrogen-bond donors (Lipinski definition) is 1. The predicted molar refractivity (Wildman–Crippen MR) is 179 cm³/mol. The van der Waals surface area contributed by atoms with Crippen molar-refractivity contribution in [2.45, 2.75) is 11.5 Å². The summed E-state index contributed by atoms with van der Waals surface area (Å²) >= 11 is 0. The summed E-state index contributed by atoms with van der Waals surface area (Å²) in [5.41, 5.74) is 12.9. The van der Waals surface area contributed by atoms with Crippen molar-refractivity contribution >= 4 is 11.3 Å². The highest BCUT2D eigenvalue weighted by atomic mass is 16.5. The lowest BCUT2D eigenvalue weighted by molar-refractivity contribution is 0.436. The van der Waals surface area contributed by atoms with Crippen molar-refractivity contribution in [1.29, 1.82) is 0 Å². The maximum atomic E-state index is 6.79. The topological polar surface area (TPSA) is 21.3 Å². The first-order valence-electron chi connectivity index (χ1n) is 15.2. The summed E-state index contributed by atoms with van der Waals surface area (Å²) in [6.07, 6.45) is 4.60. The maximum Gasteiger partial charge on any atom is 0.132 e. The van der Waals surface area contributed by atoms with Gasteiger partial charge >= 0.3 is 0 Å². The molecule has 208 valence electrons. The summed E-state index contributed by atoms with van der Waals surface area (Å²) in [4.78, 5) is 0. The van der Waals surface area contributed by atoms with Gasteiger partial charge in [0.15, 0.2) is 0 Å². The third-order valence-electron chi connectivity index (χ3n) is 9.38. The van der Waals surface area contributed by atoms with E-state index in [2.05, 4.69) is 169 Å². The van der Waals surface area contributed by atoms with Gasteiger partial charge in [-0.2, -0.15) is 0 Å². The number of ether oxygens (including phenoxy) is 1. The van der Waals surface area contributed by atoms with E-state index in [0.29, 0.717) is 0 Å². The molecule has 0 amide bonds. The second-order valence-electron chi connectivity index (χ2n) is 11.7. The van der Waals surface area contributed by atoms with E-state index < -0.39 is 5.41 Å². The van der Waals surface area contributed by atoms with Gasteiger partial charge in [-0.05, 0) is 68.8 Å². The lowest BCUT2D eigenvalue weighted by atomic mass is 9.66. The van der Waals surface area contributed by atoms with E-state index in [1.54, 1.807) is 0 Å². The lowest BCUT2D eigenvalue weighted by Crippen LogP contribution is -2.32. The molecule has 44 heavy (non-hydrogen) atoms. The molecule has 2 nitrogen and oxygen atoms in total. The molecule has 0 saturated carbocycles. The van der Waals surface area contributed by atoms with Gasteiger partial charge in [0.05, 0.1) is 11.5 Å². The zero-order valence-electron chi connectivity index (χ0n) is 24.1. The highest BCUT2D eigenvalue weighted by Gasteiger charge is 2.50. The fourth-order valence-corrected chi connectivity index (χ4v) is 7.48. The van der Waals surface area contributed by atoms with Crippen LogP contribution in [-0.4, -0.2) is 0 Å². The van der Waals surface area contributed by atoms with Crippen LogP contribution in [0.4, 0.5) is 0 Å². The summed E-state index contributed by atoms with van der Waals surface area (Å²) in [7, 11) is 0. The van der Waals surface area contributed by atoms with Crippen LogP contribution in [0.3, 0.4) is 0 Å². The maximum absolute atomic E-state index is 6.79. The van der Waals surface area contributed by atoms with Gasteiger partial charge in [-0.25, -0.2) is 0 Å². The van der Waals surface area contributed by atoms with Gasteiger partial charge in [-0.3, -0.25) is 0 Å². The monoisotopic (exact) mass is 563 g/mol. The van der Waals surface area contributed by atoms with Gasteiger partial charge in [-0.1, -0.05) is 140 Å². The quantitative estimate of drug-likeness (QED) is 0.231. The minimum Gasteiger partial charge on any atom is -0.457 e. The predicted octanol–water partition coefficient (Wildman–Crippen LogP) is 9.92. The second-order valence-corrected chi connectivity index (χ2v) is 11.7. The molecular weight excluding hydrogens is 534 g/mol. The third-order valence-corrected chi connectivity index (χ3v) is 9.38. The average Bonchev–Trinajstić information content (AvgIpc) is 3.39. The van der Waals surface area contributed by atoms with Gasteiger partial charge in [0.2, 0.25) is 0 Å². The number of allylic oxidation sites excluding steroid dienone is 2. The minimum absolute atomic E-state index is 0.0454. The first-order valence-corrected chi connectivity index (χ1v) is 15.2. The van der Waals surface area contributed by atoms with Crippen molar-refractivity contribution < 1.29 is 4.74 Å². The fourth-order valence-electron chi connectivity index (χ4n) is 7.48. The lowest BCUT2D eigenvalue weighted by Gasteiger charge is -2.39. The summed E-state index contributed by atoms with van der Waals surface area (Å²) in [6, 6.07) is 54.4. The number of fused-ring (bicyclic) bond motifs is 9. The molecule has 6 aromatic rings. The molecule has 1 N–H and O–H groups in total. The molecule has 9 rings (SSSR count). The number of para-hydroxylation sites is 1. The van der Waals surface area contributed by atoms with E-state index in [0.717, 1.165) is 22.8 Å². The van der Waals surface area contributed by atoms with Crippen LogP contribution in [0, 0.1) is 0 Å². The number of rotatable bonds is 3. The highest BCUT2D eigenvalue weighted by Crippen LogP contribution is 2.62. The van der Waals surface area contributed by atoms with Gasteiger partial charge in [0.1, 0.15) is 11.5 Å². The first-order chi connectivity index (χ1) is 21.8. The Kier molecular flexibility index (Phi) is 5.51. The Morgan fingerprint density at radius 2 is 1.09 bits per heavy atom. The molecule has 2 aliphatic heterocycles. The Morgan fingerprint density at radius 1 is 0.500 bits per heavy atom. The first kappa shape index (κ1) is 24.9.